The maximum absolute atomic E-state index is 5.98. The van der Waals surface area contributed by atoms with Crippen LogP contribution in [-0.4, -0.2) is 6.61 Å². The summed E-state index contributed by atoms with van der Waals surface area (Å²) in [5.41, 5.74) is 1.53. The van der Waals surface area contributed by atoms with E-state index in [0.717, 1.165) is 24.7 Å². The molecule has 0 aromatic heterocycles. The van der Waals surface area contributed by atoms with Crippen molar-refractivity contribution in [3.63, 3.8) is 0 Å². The number of benzene rings is 2. The molecule has 0 radical (unpaired) electrons. The fraction of sp³-hybridized carbons (Fsp3) is 0.474. The lowest BCUT2D eigenvalue weighted by Crippen LogP contribution is -1.99. The van der Waals surface area contributed by atoms with Crippen molar-refractivity contribution in [1.29, 1.82) is 0 Å². The molecule has 1 nitrogen and oxygen atoms in total. The first-order valence-corrected chi connectivity index (χ1v) is 8.04. The van der Waals surface area contributed by atoms with Crippen LogP contribution in [0, 0.1) is 0 Å². The van der Waals surface area contributed by atoms with E-state index in [4.69, 9.17) is 4.74 Å². The predicted octanol–water partition coefficient (Wildman–Crippen LogP) is 5.68. The fourth-order valence-electron chi connectivity index (χ4n) is 3.34. The Labute approximate surface area is 122 Å². The molecule has 0 aliphatic heterocycles. The van der Waals surface area contributed by atoms with Gasteiger partial charge in [-0.3, -0.25) is 0 Å². The summed E-state index contributed by atoms with van der Waals surface area (Å²) in [4.78, 5) is 0. The van der Waals surface area contributed by atoms with Crippen LogP contribution >= 0.6 is 0 Å². The van der Waals surface area contributed by atoms with Crippen LogP contribution in [0.15, 0.2) is 36.4 Å². The van der Waals surface area contributed by atoms with Gasteiger partial charge < -0.3 is 4.74 Å². The van der Waals surface area contributed by atoms with Gasteiger partial charge in [0.15, 0.2) is 0 Å². The molecule has 1 saturated carbocycles. The Hall–Kier alpha value is -1.50. The summed E-state index contributed by atoms with van der Waals surface area (Å²) in [5.74, 6) is 1.81. The van der Waals surface area contributed by atoms with Crippen molar-refractivity contribution in [2.75, 3.05) is 6.61 Å². The van der Waals surface area contributed by atoms with Gasteiger partial charge in [0.2, 0.25) is 0 Å². The molecule has 0 amide bonds. The van der Waals surface area contributed by atoms with Gasteiger partial charge in [0.05, 0.1) is 6.61 Å². The Morgan fingerprint density at radius 2 is 1.75 bits per heavy atom. The summed E-state index contributed by atoms with van der Waals surface area (Å²) in [6, 6.07) is 13.2. The van der Waals surface area contributed by atoms with Gasteiger partial charge in [-0.2, -0.15) is 0 Å². The van der Waals surface area contributed by atoms with E-state index >= 15 is 0 Å². The SMILES string of the molecule is CCCCOc1ccc(C2CCCC2)c2ccccc12. The summed E-state index contributed by atoms with van der Waals surface area (Å²) in [6.45, 7) is 3.02. The third-order valence-electron chi connectivity index (χ3n) is 4.47. The first kappa shape index (κ1) is 13.5. The summed E-state index contributed by atoms with van der Waals surface area (Å²) in [7, 11) is 0. The molecule has 0 bridgehead atoms. The predicted molar refractivity (Wildman–Crippen MR) is 85.6 cm³/mol. The normalized spacial score (nSPS) is 15.8. The van der Waals surface area contributed by atoms with Gasteiger partial charge >= 0.3 is 0 Å². The topological polar surface area (TPSA) is 9.23 Å². The van der Waals surface area contributed by atoms with E-state index in [1.807, 2.05) is 0 Å². The molecule has 1 aliphatic rings. The highest BCUT2D eigenvalue weighted by Gasteiger charge is 2.19. The third kappa shape index (κ3) is 2.67. The second-order valence-electron chi connectivity index (χ2n) is 5.88. The average molecular weight is 268 g/mol. The lowest BCUT2D eigenvalue weighted by Gasteiger charge is -2.16. The van der Waals surface area contributed by atoms with Crippen LogP contribution in [0.2, 0.25) is 0 Å². The largest absolute Gasteiger partial charge is 0.493 e. The Balaban J connectivity index is 1.96. The molecule has 2 aromatic rings. The van der Waals surface area contributed by atoms with Gasteiger partial charge in [-0.15, -0.1) is 0 Å². The van der Waals surface area contributed by atoms with E-state index in [2.05, 4.69) is 43.3 Å². The van der Waals surface area contributed by atoms with Gasteiger partial charge in [-0.1, -0.05) is 56.5 Å². The number of hydrogen-bond acceptors (Lipinski definition) is 1. The van der Waals surface area contributed by atoms with E-state index < -0.39 is 0 Å². The molecule has 0 heterocycles. The quantitative estimate of drug-likeness (QED) is 0.634. The highest BCUT2D eigenvalue weighted by molar-refractivity contribution is 5.91. The van der Waals surface area contributed by atoms with Crippen LogP contribution in [0.5, 0.6) is 5.75 Å². The zero-order valence-electron chi connectivity index (χ0n) is 12.4. The van der Waals surface area contributed by atoms with Crippen molar-refractivity contribution in [3.05, 3.63) is 42.0 Å². The number of rotatable bonds is 5. The number of fused-ring (bicyclic) bond motifs is 1. The van der Waals surface area contributed by atoms with Crippen molar-refractivity contribution < 1.29 is 4.74 Å². The fourth-order valence-corrected chi connectivity index (χ4v) is 3.34. The molecule has 0 atom stereocenters. The van der Waals surface area contributed by atoms with E-state index in [0.29, 0.717) is 0 Å². The van der Waals surface area contributed by atoms with Gasteiger partial charge in [0.1, 0.15) is 5.75 Å². The Kier molecular flexibility index (Phi) is 4.25. The molecular formula is C19H24O. The first-order chi connectivity index (χ1) is 9.90. The molecule has 3 rings (SSSR count). The summed E-state index contributed by atoms with van der Waals surface area (Å²) < 4.78 is 5.98. The van der Waals surface area contributed by atoms with Gasteiger partial charge in [0, 0.05) is 5.39 Å². The van der Waals surface area contributed by atoms with Crippen LogP contribution in [-0.2, 0) is 0 Å². The lowest BCUT2D eigenvalue weighted by molar-refractivity contribution is 0.313. The van der Waals surface area contributed by atoms with Crippen LogP contribution < -0.4 is 4.74 Å². The highest BCUT2D eigenvalue weighted by Crippen LogP contribution is 2.39. The lowest BCUT2D eigenvalue weighted by atomic mass is 9.92. The second kappa shape index (κ2) is 6.30. The van der Waals surface area contributed by atoms with Crippen molar-refractivity contribution in [1.82, 2.24) is 0 Å². The van der Waals surface area contributed by atoms with Crippen molar-refractivity contribution in [3.8, 4) is 5.75 Å². The Morgan fingerprint density at radius 1 is 1.00 bits per heavy atom. The van der Waals surface area contributed by atoms with Crippen LogP contribution in [0.1, 0.15) is 56.9 Å². The van der Waals surface area contributed by atoms with Crippen molar-refractivity contribution >= 4 is 10.8 Å². The molecule has 1 heteroatoms. The molecule has 2 aromatic carbocycles. The molecule has 106 valence electrons. The molecule has 1 fully saturated rings. The van der Waals surface area contributed by atoms with Crippen LogP contribution in [0.4, 0.5) is 0 Å². The monoisotopic (exact) mass is 268 g/mol. The number of unbranched alkanes of at least 4 members (excludes halogenated alkanes) is 1. The summed E-state index contributed by atoms with van der Waals surface area (Å²) in [5, 5.41) is 2.68. The van der Waals surface area contributed by atoms with Crippen LogP contribution in [0.3, 0.4) is 0 Å². The molecule has 0 spiro atoms. The van der Waals surface area contributed by atoms with E-state index in [9.17, 15) is 0 Å². The summed E-state index contributed by atoms with van der Waals surface area (Å²) in [6.07, 6.45) is 7.76. The van der Waals surface area contributed by atoms with E-state index in [-0.39, 0.29) is 0 Å². The van der Waals surface area contributed by atoms with Crippen LogP contribution in [0.25, 0.3) is 10.8 Å². The zero-order chi connectivity index (χ0) is 13.8. The second-order valence-corrected chi connectivity index (χ2v) is 5.88. The molecular weight excluding hydrogens is 244 g/mol. The standard InChI is InChI=1S/C19H24O/c1-2-3-14-20-19-13-12-16(15-8-4-5-9-15)17-10-6-7-11-18(17)19/h6-7,10-13,15H,2-5,8-9,14H2,1H3. The highest BCUT2D eigenvalue weighted by atomic mass is 16.5. The Morgan fingerprint density at radius 3 is 2.50 bits per heavy atom. The Bertz CT molecular complexity index is 567. The van der Waals surface area contributed by atoms with E-state index in [1.54, 1.807) is 0 Å². The molecule has 20 heavy (non-hydrogen) atoms. The van der Waals surface area contributed by atoms with Crippen molar-refractivity contribution in [2.45, 2.75) is 51.4 Å². The van der Waals surface area contributed by atoms with Gasteiger partial charge in [0.25, 0.3) is 0 Å². The molecule has 0 saturated heterocycles. The first-order valence-electron chi connectivity index (χ1n) is 8.04. The summed E-state index contributed by atoms with van der Waals surface area (Å²) >= 11 is 0. The maximum atomic E-state index is 5.98. The van der Waals surface area contributed by atoms with Gasteiger partial charge in [-0.05, 0) is 42.2 Å². The zero-order valence-corrected chi connectivity index (χ0v) is 12.4. The minimum Gasteiger partial charge on any atom is -0.493 e. The smallest absolute Gasteiger partial charge is 0.127 e. The molecule has 0 unspecified atom stereocenters. The minimum absolute atomic E-state index is 0.754. The van der Waals surface area contributed by atoms with Gasteiger partial charge in [-0.25, -0.2) is 0 Å². The average Bonchev–Trinajstić information content (AvgIpc) is 3.01. The number of hydrogen-bond donors (Lipinski definition) is 0. The number of ether oxygens (including phenoxy) is 1. The van der Waals surface area contributed by atoms with E-state index in [1.165, 1.54) is 48.4 Å². The minimum atomic E-state index is 0.754. The molecule has 1 aliphatic carbocycles. The molecule has 0 N–H and O–H groups in total. The third-order valence-corrected chi connectivity index (χ3v) is 4.47. The van der Waals surface area contributed by atoms with Crippen molar-refractivity contribution in [2.24, 2.45) is 0 Å². The maximum Gasteiger partial charge on any atom is 0.127 e.